The maximum Gasteiger partial charge on any atom is 0.241 e. The van der Waals surface area contributed by atoms with Gasteiger partial charge >= 0.3 is 0 Å². The van der Waals surface area contributed by atoms with E-state index in [1.807, 2.05) is 0 Å². The number of hydrogen-bond donors (Lipinski definition) is 2. The maximum atomic E-state index is 13.2. The number of rotatable bonds is 4. The smallest absolute Gasteiger partial charge is 0.241 e. The van der Waals surface area contributed by atoms with Crippen molar-refractivity contribution in [1.82, 2.24) is 4.72 Å². The normalized spacial score (nSPS) is 13.4. The Balaban J connectivity index is 3.14. The lowest BCUT2D eigenvalue weighted by Gasteiger charge is -2.12. The van der Waals surface area contributed by atoms with Crippen LogP contribution in [0.2, 0.25) is 0 Å². The molecule has 0 saturated heterocycles. The zero-order valence-electron chi connectivity index (χ0n) is 9.40. The lowest BCUT2D eigenvalue weighted by molar-refractivity contribution is -0.119. The second kappa shape index (κ2) is 4.80. The van der Waals surface area contributed by atoms with Crippen molar-refractivity contribution in [3.05, 3.63) is 29.6 Å². The van der Waals surface area contributed by atoms with Crippen molar-refractivity contribution in [2.45, 2.75) is 24.8 Å². The molecule has 7 heteroatoms. The SMILES string of the molecule is Cc1c(F)cccc1S(=O)(=O)NC(C)C(N)=O. The fraction of sp³-hybridized carbons (Fsp3) is 0.300. The van der Waals surface area contributed by atoms with Crippen LogP contribution in [0.4, 0.5) is 4.39 Å². The fourth-order valence-electron chi connectivity index (χ4n) is 1.23. The van der Waals surface area contributed by atoms with Gasteiger partial charge in [-0.25, -0.2) is 12.8 Å². The first kappa shape index (κ1) is 13.6. The monoisotopic (exact) mass is 260 g/mol. The van der Waals surface area contributed by atoms with Crippen LogP contribution in [0.1, 0.15) is 12.5 Å². The number of amides is 1. The van der Waals surface area contributed by atoms with Gasteiger partial charge in [0.15, 0.2) is 0 Å². The topological polar surface area (TPSA) is 89.3 Å². The van der Waals surface area contributed by atoms with Gasteiger partial charge in [0.25, 0.3) is 0 Å². The number of carbonyl (C=O) groups excluding carboxylic acids is 1. The standard InChI is InChI=1S/C10H13FN2O3S/c1-6-8(11)4-3-5-9(6)17(15,16)13-7(2)10(12)14/h3-5,7,13H,1-2H3,(H2,12,14). The molecule has 0 spiro atoms. The number of carbonyl (C=O) groups is 1. The molecule has 5 nitrogen and oxygen atoms in total. The quantitative estimate of drug-likeness (QED) is 0.815. The zero-order chi connectivity index (χ0) is 13.2. The molecule has 0 aromatic heterocycles. The van der Waals surface area contributed by atoms with Crippen LogP contribution in [-0.2, 0) is 14.8 Å². The number of sulfonamides is 1. The minimum absolute atomic E-state index is 0.00308. The number of hydrogen-bond acceptors (Lipinski definition) is 3. The summed E-state index contributed by atoms with van der Waals surface area (Å²) in [4.78, 5) is 10.6. The summed E-state index contributed by atoms with van der Waals surface area (Å²) in [6.45, 7) is 2.66. The van der Waals surface area contributed by atoms with Gasteiger partial charge in [0.1, 0.15) is 5.82 Å². The lowest BCUT2D eigenvalue weighted by Crippen LogP contribution is -2.42. The first-order valence-corrected chi connectivity index (χ1v) is 6.31. The van der Waals surface area contributed by atoms with E-state index in [2.05, 4.69) is 4.72 Å². The highest BCUT2D eigenvalue weighted by Gasteiger charge is 2.22. The van der Waals surface area contributed by atoms with Crippen molar-refractivity contribution in [2.75, 3.05) is 0 Å². The Labute approximate surface area is 98.9 Å². The number of nitrogens with two attached hydrogens (primary N) is 1. The predicted octanol–water partition coefficient (Wildman–Crippen LogP) is 0.286. The van der Waals surface area contributed by atoms with Crippen molar-refractivity contribution in [3.63, 3.8) is 0 Å². The Morgan fingerprint density at radius 2 is 2.06 bits per heavy atom. The zero-order valence-corrected chi connectivity index (χ0v) is 10.2. The number of halogens is 1. The highest BCUT2D eigenvalue weighted by atomic mass is 32.2. The summed E-state index contributed by atoms with van der Waals surface area (Å²) in [5.41, 5.74) is 4.95. The van der Waals surface area contributed by atoms with Crippen molar-refractivity contribution in [2.24, 2.45) is 5.73 Å². The van der Waals surface area contributed by atoms with Crippen LogP contribution >= 0.6 is 0 Å². The van der Waals surface area contributed by atoms with Gasteiger partial charge < -0.3 is 5.73 Å². The van der Waals surface area contributed by atoms with Crippen LogP contribution in [0.5, 0.6) is 0 Å². The molecule has 0 bridgehead atoms. The minimum Gasteiger partial charge on any atom is -0.368 e. The van der Waals surface area contributed by atoms with Gasteiger partial charge in [-0.2, -0.15) is 4.72 Å². The summed E-state index contributed by atoms with van der Waals surface area (Å²) in [6.07, 6.45) is 0. The van der Waals surface area contributed by atoms with Gasteiger partial charge in [-0.15, -0.1) is 0 Å². The van der Waals surface area contributed by atoms with Crippen LogP contribution in [0.25, 0.3) is 0 Å². The van der Waals surface area contributed by atoms with E-state index in [4.69, 9.17) is 5.73 Å². The molecular formula is C10H13FN2O3S. The second-order valence-corrected chi connectivity index (χ2v) is 5.29. The third-order valence-electron chi connectivity index (χ3n) is 2.27. The third kappa shape index (κ3) is 3.01. The molecule has 1 rings (SSSR count). The van der Waals surface area contributed by atoms with Crippen LogP contribution in [0.15, 0.2) is 23.1 Å². The van der Waals surface area contributed by atoms with E-state index in [0.717, 1.165) is 6.07 Å². The Kier molecular flexibility index (Phi) is 3.84. The van der Waals surface area contributed by atoms with E-state index < -0.39 is 27.8 Å². The molecule has 17 heavy (non-hydrogen) atoms. The molecule has 0 heterocycles. The molecule has 0 radical (unpaired) electrons. The molecular weight excluding hydrogens is 247 g/mol. The van der Waals surface area contributed by atoms with E-state index in [-0.39, 0.29) is 10.5 Å². The van der Waals surface area contributed by atoms with E-state index in [1.165, 1.54) is 26.0 Å². The van der Waals surface area contributed by atoms with Gasteiger partial charge in [-0.05, 0) is 26.0 Å². The third-order valence-corrected chi connectivity index (χ3v) is 3.95. The molecule has 94 valence electrons. The fourth-order valence-corrected chi connectivity index (χ4v) is 2.70. The van der Waals surface area contributed by atoms with Gasteiger partial charge in [-0.1, -0.05) is 6.07 Å². The van der Waals surface area contributed by atoms with Crippen LogP contribution < -0.4 is 10.5 Å². The van der Waals surface area contributed by atoms with E-state index in [0.29, 0.717) is 0 Å². The van der Waals surface area contributed by atoms with Crippen molar-refractivity contribution >= 4 is 15.9 Å². The Morgan fingerprint density at radius 3 is 2.59 bits per heavy atom. The van der Waals surface area contributed by atoms with Crippen LogP contribution in [0.3, 0.4) is 0 Å². The first-order valence-electron chi connectivity index (χ1n) is 4.82. The minimum atomic E-state index is -3.95. The maximum absolute atomic E-state index is 13.2. The first-order chi connectivity index (χ1) is 7.75. The van der Waals surface area contributed by atoms with Crippen molar-refractivity contribution in [3.8, 4) is 0 Å². The Bertz CT molecular complexity index is 542. The molecule has 0 aliphatic rings. The van der Waals surface area contributed by atoms with Gasteiger partial charge in [0.05, 0.1) is 10.9 Å². The average molecular weight is 260 g/mol. The predicted molar refractivity (Wildman–Crippen MR) is 60.1 cm³/mol. The molecule has 3 N–H and O–H groups in total. The molecule has 1 aromatic rings. The Morgan fingerprint density at radius 1 is 1.47 bits per heavy atom. The summed E-state index contributed by atoms with van der Waals surface area (Å²) >= 11 is 0. The highest BCUT2D eigenvalue weighted by molar-refractivity contribution is 7.89. The largest absolute Gasteiger partial charge is 0.368 e. The van der Waals surface area contributed by atoms with E-state index >= 15 is 0 Å². The summed E-state index contributed by atoms with van der Waals surface area (Å²) in [7, 11) is -3.95. The van der Waals surface area contributed by atoms with E-state index in [1.54, 1.807) is 0 Å². The number of nitrogens with one attached hydrogen (secondary N) is 1. The van der Waals surface area contributed by atoms with Crippen molar-refractivity contribution in [1.29, 1.82) is 0 Å². The molecule has 0 fully saturated rings. The van der Waals surface area contributed by atoms with Crippen LogP contribution in [0, 0.1) is 12.7 Å². The highest BCUT2D eigenvalue weighted by Crippen LogP contribution is 2.17. The molecule has 1 aromatic carbocycles. The second-order valence-electron chi connectivity index (χ2n) is 3.61. The summed E-state index contributed by atoms with van der Waals surface area (Å²) in [5, 5.41) is 0. The Hall–Kier alpha value is -1.47. The van der Waals surface area contributed by atoms with Gasteiger partial charge in [0.2, 0.25) is 15.9 Å². The van der Waals surface area contributed by atoms with E-state index in [9.17, 15) is 17.6 Å². The molecule has 1 atom stereocenters. The number of primary amides is 1. The molecule has 1 unspecified atom stereocenters. The lowest BCUT2D eigenvalue weighted by atomic mass is 10.2. The molecule has 0 aliphatic carbocycles. The molecule has 0 saturated carbocycles. The van der Waals surface area contributed by atoms with Gasteiger partial charge in [0, 0.05) is 5.56 Å². The molecule has 0 aliphatic heterocycles. The number of benzene rings is 1. The molecule has 1 amide bonds. The summed E-state index contributed by atoms with van der Waals surface area (Å²) in [6, 6.07) is 2.65. The average Bonchev–Trinajstić information content (AvgIpc) is 2.21. The van der Waals surface area contributed by atoms with Gasteiger partial charge in [-0.3, -0.25) is 4.79 Å². The summed E-state index contributed by atoms with van der Waals surface area (Å²) < 4.78 is 39.0. The summed E-state index contributed by atoms with van der Waals surface area (Å²) in [5.74, 6) is -1.43. The van der Waals surface area contributed by atoms with Crippen molar-refractivity contribution < 1.29 is 17.6 Å². The van der Waals surface area contributed by atoms with Crippen LogP contribution in [-0.4, -0.2) is 20.4 Å².